The van der Waals surface area contributed by atoms with Gasteiger partial charge in [0.2, 0.25) is 0 Å². The van der Waals surface area contributed by atoms with Crippen LogP contribution in [0.1, 0.15) is 38.7 Å². The SMILES string of the molecule is CC(C)(O)Cc1ccc2ccn(CC3CCC3)c2c1. The summed E-state index contributed by atoms with van der Waals surface area (Å²) in [5.74, 6) is 0.869. The number of rotatable bonds is 4. The van der Waals surface area contributed by atoms with Crippen LogP contribution < -0.4 is 0 Å². The Morgan fingerprint density at radius 2 is 2.05 bits per heavy atom. The smallest absolute Gasteiger partial charge is 0.0631 e. The lowest BCUT2D eigenvalue weighted by molar-refractivity contribution is 0.0810. The fourth-order valence-corrected chi connectivity index (χ4v) is 2.95. The Morgan fingerprint density at radius 3 is 2.68 bits per heavy atom. The largest absolute Gasteiger partial charge is 0.390 e. The van der Waals surface area contributed by atoms with Crippen LogP contribution in [0.2, 0.25) is 0 Å². The molecule has 0 aliphatic heterocycles. The summed E-state index contributed by atoms with van der Waals surface area (Å²) in [6.07, 6.45) is 7.06. The molecule has 1 aliphatic rings. The maximum absolute atomic E-state index is 9.95. The van der Waals surface area contributed by atoms with Crippen LogP contribution in [0.4, 0.5) is 0 Å². The molecule has 19 heavy (non-hydrogen) atoms. The van der Waals surface area contributed by atoms with Gasteiger partial charge in [0.1, 0.15) is 0 Å². The van der Waals surface area contributed by atoms with Gasteiger partial charge in [-0.1, -0.05) is 18.6 Å². The molecule has 1 heterocycles. The second kappa shape index (κ2) is 4.68. The van der Waals surface area contributed by atoms with Crippen molar-refractivity contribution < 1.29 is 5.11 Å². The number of hydrogen-bond acceptors (Lipinski definition) is 1. The molecule has 2 aromatic rings. The van der Waals surface area contributed by atoms with Gasteiger partial charge in [0.25, 0.3) is 0 Å². The van der Waals surface area contributed by atoms with Crippen LogP contribution in [0.5, 0.6) is 0 Å². The van der Waals surface area contributed by atoms with Gasteiger partial charge in [-0.25, -0.2) is 0 Å². The molecule has 1 aromatic carbocycles. The van der Waals surface area contributed by atoms with Gasteiger partial charge in [-0.2, -0.15) is 0 Å². The lowest BCUT2D eigenvalue weighted by Crippen LogP contribution is -2.21. The van der Waals surface area contributed by atoms with Crippen LogP contribution in [0.15, 0.2) is 30.5 Å². The Labute approximate surface area is 115 Å². The van der Waals surface area contributed by atoms with Crippen molar-refractivity contribution in [3.63, 3.8) is 0 Å². The van der Waals surface area contributed by atoms with Crippen molar-refractivity contribution in [1.29, 1.82) is 0 Å². The van der Waals surface area contributed by atoms with E-state index in [4.69, 9.17) is 0 Å². The van der Waals surface area contributed by atoms with Crippen LogP contribution >= 0.6 is 0 Å². The highest BCUT2D eigenvalue weighted by molar-refractivity contribution is 5.80. The third-order valence-electron chi connectivity index (χ3n) is 4.15. The van der Waals surface area contributed by atoms with Gasteiger partial charge in [-0.15, -0.1) is 0 Å². The van der Waals surface area contributed by atoms with E-state index in [-0.39, 0.29) is 0 Å². The first-order valence-electron chi connectivity index (χ1n) is 7.31. The fraction of sp³-hybridized carbons (Fsp3) is 0.529. The van der Waals surface area contributed by atoms with Crippen molar-refractivity contribution in [2.24, 2.45) is 5.92 Å². The average molecular weight is 257 g/mol. The summed E-state index contributed by atoms with van der Waals surface area (Å²) in [6.45, 7) is 4.88. The normalized spacial score (nSPS) is 16.8. The van der Waals surface area contributed by atoms with Crippen molar-refractivity contribution in [2.75, 3.05) is 0 Å². The minimum absolute atomic E-state index is 0.640. The minimum atomic E-state index is -0.640. The molecule has 0 radical (unpaired) electrons. The first kappa shape index (κ1) is 12.7. The third-order valence-corrected chi connectivity index (χ3v) is 4.15. The Kier molecular flexibility index (Phi) is 3.14. The van der Waals surface area contributed by atoms with E-state index in [0.717, 1.165) is 12.5 Å². The zero-order valence-electron chi connectivity index (χ0n) is 11.9. The molecule has 1 aliphatic carbocycles. The molecule has 0 amide bonds. The lowest BCUT2D eigenvalue weighted by Gasteiger charge is -2.26. The van der Waals surface area contributed by atoms with E-state index >= 15 is 0 Å². The van der Waals surface area contributed by atoms with Gasteiger partial charge < -0.3 is 9.67 Å². The molecule has 1 fully saturated rings. The molecule has 2 nitrogen and oxygen atoms in total. The quantitative estimate of drug-likeness (QED) is 0.886. The number of hydrogen-bond donors (Lipinski definition) is 1. The Bertz CT molecular complexity index is 572. The molecule has 0 spiro atoms. The first-order chi connectivity index (χ1) is 9.01. The topological polar surface area (TPSA) is 25.2 Å². The van der Waals surface area contributed by atoms with Crippen molar-refractivity contribution in [3.05, 3.63) is 36.0 Å². The molecular formula is C17H23NO. The van der Waals surface area contributed by atoms with Gasteiger partial charge >= 0.3 is 0 Å². The monoisotopic (exact) mass is 257 g/mol. The van der Waals surface area contributed by atoms with Gasteiger partial charge in [0.15, 0.2) is 0 Å². The van der Waals surface area contributed by atoms with Gasteiger partial charge in [0.05, 0.1) is 5.60 Å². The average Bonchev–Trinajstić information content (AvgIpc) is 2.64. The Morgan fingerprint density at radius 1 is 1.26 bits per heavy atom. The highest BCUT2D eigenvalue weighted by Gasteiger charge is 2.19. The fourth-order valence-electron chi connectivity index (χ4n) is 2.95. The molecule has 102 valence electrons. The summed E-state index contributed by atoms with van der Waals surface area (Å²) in [6, 6.07) is 8.75. The molecule has 1 N–H and O–H groups in total. The first-order valence-corrected chi connectivity index (χ1v) is 7.31. The van der Waals surface area contributed by atoms with E-state index < -0.39 is 5.60 Å². The number of aliphatic hydroxyl groups is 1. The molecule has 2 heteroatoms. The third kappa shape index (κ3) is 2.84. The van der Waals surface area contributed by atoms with Crippen molar-refractivity contribution in [1.82, 2.24) is 4.57 Å². The summed E-state index contributed by atoms with van der Waals surface area (Å²) < 4.78 is 2.38. The van der Waals surface area contributed by atoms with Crippen LogP contribution in [-0.2, 0) is 13.0 Å². The molecule has 0 bridgehead atoms. The van der Waals surface area contributed by atoms with Gasteiger partial charge in [0, 0.05) is 24.7 Å². The number of nitrogens with zero attached hydrogens (tertiary/aromatic N) is 1. The summed E-state index contributed by atoms with van der Waals surface area (Å²) in [5.41, 5.74) is 1.89. The zero-order valence-corrected chi connectivity index (χ0v) is 11.9. The molecule has 3 rings (SSSR count). The summed E-state index contributed by atoms with van der Waals surface area (Å²) in [4.78, 5) is 0. The number of benzene rings is 1. The minimum Gasteiger partial charge on any atom is -0.390 e. The molecule has 1 saturated carbocycles. The van der Waals surface area contributed by atoms with Gasteiger partial charge in [-0.05, 0) is 55.7 Å². The van der Waals surface area contributed by atoms with E-state index in [0.29, 0.717) is 6.42 Å². The molecule has 0 saturated heterocycles. The van der Waals surface area contributed by atoms with E-state index in [1.165, 1.54) is 35.7 Å². The molecule has 0 unspecified atom stereocenters. The second-order valence-electron chi connectivity index (χ2n) is 6.65. The highest BCUT2D eigenvalue weighted by Crippen LogP contribution is 2.30. The summed E-state index contributed by atoms with van der Waals surface area (Å²) >= 11 is 0. The molecular weight excluding hydrogens is 234 g/mol. The van der Waals surface area contributed by atoms with Crippen LogP contribution in [-0.4, -0.2) is 15.3 Å². The van der Waals surface area contributed by atoms with Crippen LogP contribution in [0.3, 0.4) is 0 Å². The Balaban J connectivity index is 1.88. The maximum Gasteiger partial charge on any atom is 0.0631 e. The van der Waals surface area contributed by atoms with Crippen molar-refractivity contribution >= 4 is 10.9 Å². The zero-order chi connectivity index (χ0) is 13.5. The maximum atomic E-state index is 9.95. The number of aromatic nitrogens is 1. The number of fused-ring (bicyclic) bond motifs is 1. The van der Waals surface area contributed by atoms with Crippen molar-refractivity contribution in [2.45, 2.75) is 51.7 Å². The Hall–Kier alpha value is -1.28. The molecule has 0 atom stereocenters. The van der Waals surface area contributed by atoms with Crippen LogP contribution in [0, 0.1) is 5.92 Å². The molecule has 1 aromatic heterocycles. The predicted octanol–water partition coefficient (Wildman–Crippen LogP) is 3.75. The van der Waals surface area contributed by atoms with Crippen molar-refractivity contribution in [3.8, 4) is 0 Å². The summed E-state index contributed by atoms with van der Waals surface area (Å²) in [5, 5.41) is 11.3. The van der Waals surface area contributed by atoms with E-state index in [2.05, 4.69) is 35.0 Å². The van der Waals surface area contributed by atoms with E-state index in [1.54, 1.807) is 0 Å². The summed E-state index contributed by atoms with van der Waals surface area (Å²) in [7, 11) is 0. The van der Waals surface area contributed by atoms with Gasteiger partial charge in [-0.3, -0.25) is 0 Å². The standard InChI is InChI=1S/C17H23NO/c1-17(2,19)11-14-6-7-15-8-9-18(16(15)10-14)12-13-4-3-5-13/h6-10,13,19H,3-5,11-12H2,1-2H3. The lowest BCUT2D eigenvalue weighted by atomic mass is 9.85. The second-order valence-corrected chi connectivity index (χ2v) is 6.65. The van der Waals surface area contributed by atoms with E-state index in [1.807, 2.05) is 13.8 Å². The van der Waals surface area contributed by atoms with E-state index in [9.17, 15) is 5.11 Å². The van der Waals surface area contributed by atoms with Crippen LogP contribution in [0.25, 0.3) is 10.9 Å². The highest BCUT2D eigenvalue weighted by atomic mass is 16.3. The predicted molar refractivity (Wildman–Crippen MR) is 79.3 cm³/mol.